The Morgan fingerprint density at radius 2 is 1.92 bits per heavy atom. The van der Waals surface area contributed by atoms with E-state index in [1.807, 2.05) is 49.0 Å². The number of nitrogens with zero attached hydrogens (tertiary/aromatic N) is 3. The van der Waals surface area contributed by atoms with Crippen LogP contribution in [-0.4, -0.2) is 46.0 Å². The first kappa shape index (κ1) is 20.7. The first-order valence-electron chi connectivity index (χ1n) is 7.42. The summed E-state index contributed by atoms with van der Waals surface area (Å²) in [5, 5.41) is 18.9. The van der Waals surface area contributed by atoms with E-state index in [1.54, 1.807) is 0 Å². The van der Waals surface area contributed by atoms with Crippen LogP contribution in [0.2, 0.25) is 0 Å². The van der Waals surface area contributed by atoms with Crippen LogP contribution < -0.4 is 5.32 Å². The maximum absolute atomic E-state index is 12.0. The van der Waals surface area contributed by atoms with E-state index in [-0.39, 0.29) is 5.97 Å². The molecule has 0 saturated carbocycles. The number of benzene rings is 1. The SMILES string of the molecule is CC(=O)O.CNCc1nnc(SC(C(=O)OC)c2ccccc2)n1C. The van der Waals surface area contributed by atoms with E-state index in [2.05, 4.69) is 15.5 Å². The molecular formula is C16H22N4O4S. The molecule has 2 rings (SSSR count). The lowest BCUT2D eigenvalue weighted by molar-refractivity contribution is -0.140. The second-order valence-corrected chi connectivity index (χ2v) is 6.01. The topological polar surface area (TPSA) is 106 Å². The molecule has 1 heterocycles. The molecule has 0 spiro atoms. The Bertz CT molecular complexity index is 687. The Balaban J connectivity index is 0.000000705. The Morgan fingerprint density at radius 3 is 2.44 bits per heavy atom. The van der Waals surface area contributed by atoms with E-state index in [0.29, 0.717) is 11.7 Å². The number of methoxy groups -OCH3 is 1. The Labute approximate surface area is 150 Å². The summed E-state index contributed by atoms with van der Waals surface area (Å²) in [6.07, 6.45) is 0. The van der Waals surface area contributed by atoms with Gasteiger partial charge in [-0.1, -0.05) is 42.1 Å². The monoisotopic (exact) mass is 366 g/mol. The van der Waals surface area contributed by atoms with Crippen molar-refractivity contribution in [3.05, 3.63) is 41.7 Å². The molecule has 9 heteroatoms. The number of thioether (sulfide) groups is 1. The number of rotatable bonds is 6. The maximum Gasteiger partial charge on any atom is 0.323 e. The van der Waals surface area contributed by atoms with Crippen molar-refractivity contribution >= 4 is 23.7 Å². The van der Waals surface area contributed by atoms with Crippen molar-refractivity contribution in [1.29, 1.82) is 0 Å². The first-order chi connectivity index (χ1) is 11.9. The van der Waals surface area contributed by atoms with Crippen LogP contribution in [-0.2, 0) is 27.9 Å². The number of aromatic nitrogens is 3. The maximum atomic E-state index is 12.0. The van der Waals surface area contributed by atoms with Crippen molar-refractivity contribution in [2.24, 2.45) is 7.05 Å². The predicted molar refractivity (Wildman–Crippen MR) is 94.1 cm³/mol. The van der Waals surface area contributed by atoms with Crippen LogP contribution in [0.3, 0.4) is 0 Å². The quantitative estimate of drug-likeness (QED) is 0.587. The fourth-order valence-electron chi connectivity index (χ4n) is 1.85. The molecule has 2 aromatic rings. The van der Waals surface area contributed by atoms with Crippen LogP contribution >= 0.6 is 11.8 Å². The number of carboxylic acids is 1. The minimum absolute atomic E-state index is 0.302. The summed E-state index contributed by atoms with van der Waals surface area (Å²) in [6.45, 7) is 1.71. The van der Waals surface area contributed by atoms with Crippen molar-refractivity contribution in [2.45, 2.75) is 23.9 Å². The second-order valence-electron chi connectivity index (χ2n) is 4.94. The van der Waals surface area contributed by atoms with Gasteiger partial charge < -0.3 is 19.7 Å². The van der Waals surface area contributed by atoms with E-state index in [9.17, 15) is 4.79 Å². The second kappa shape index (κ2) is 10.5. The lowest BCUT2D eigenvalue weighted by atomic mass is 10.1. The van der Waals surface area contributed by atoms with Gasteiger partial charge >= 0.3 is 5.97 Å². The number of nitrogens with one attached hydrogen (secondary N) is 1. The molecule has 0 fully saturated rings. The third-order valence-electron chi connectivity index (χ3n) is 3.00. The molecule has 136 valence electrons. The molecule has 0 aliphatic rings. The molecule has 0 amide bonds. The average Bonchev–Trinajstić information content (AvgIpc) is 2.93. The molecule has 2 N–H and O–H groups in total. The zero-order chi connectivity index (χ0) is 18.8. The largest absolute Gasteiger partial charge is 0.481 e. The van der Waals surface area contributed by atoms with E-state index >= 15 is 0 Å². The Morgan fingerprint density at radius 1 is 1.32 bits per heavy atom. The summed E-state index contributed by atoms with van der Waals surface area (Å²) in [5.74, 6) is -0.318. The minimum atomic E-state index is -0.833. The zero-order valence-corrected chi connectivity index (χ0v) is 15.4. The van der Waals surface area contributed by atoms with Gasteiger partial charge in [0, 0.05) is 14.0 Å². The van der Waals surface area contributed by atoms with Crippen molar-refractivity contribution < 1.29 is 19.4 Å². The number of ether oxygens (including phenoxy) is 1. The van der Waals surface area contributed by atoms with Crippen LogP contribution in [0.1, 0.15) is 23.6 Å². The molecule has 1 atom stereocenters. The van der Waals surface area contributed by atoms with Gasteiger partial charge in [0.25, 0.3) is 5.97 Å². The number of hydrogen-bond acceptors (Lipinski definition) is 7. The number of hydrogen-bond donors (Lipinski definition) is 2. The van der Waals surface area contributed by atoms with Gasteiger partial charge in [-0.25, -0.2) is 0 Å². The van der Waals surface area contributed by atoms with Gasteiger partial charge in [-0.2, -0.15) is 0 Å². The van der Waals surface area contributed by atoms with Gasteiger partial charge in [0.15, 0.2) is 5.16 Å². The van der Waals surface area contributed by atoms with Crippen molar-refractivity contribution in [3.63, 3.8) is 0 Å². The summed E-state index contributed by atoms with van der Waals surface area (Å²) >= 11 is 1.33. The Hall–Kier alpha value is -2.39. The summed E-state index contributed by atoms with van der Waals surface area (Å²) < 4.78 is 6.78. The molecule has 0 aliphatic carbocycles. The lowest BCUT2D eigenvalue weighted by Crippen LogP contribution is -2.13. The normalized spacial score (nSPS) is 11.2. The van der Waals surface area contributed by atoms with Gasteiger partial charge in [0.1, 0.15) is 11.1 Å². The van der Waals surface area contributed by atoms with Gasteiger partial charge in [-0.15, -0.1) is 10.2 Å². The van der Waals surface area contributed by atoms with Crippen LogP contribution in [0.25, 0.3) is 0 Å². The molecule has 1 unspecified atom stereocenters. The van der Waals surface area contributed by atoms with E-state index in [4.69, 9.17) is 14.6 Å². The van der Waals surface area contributed by atoms with Gasteiger partial charge in [0.2, 0.25) is 0 Å². The highest BCUT2D eigenvalue weighted by molar-refractivity contribution is 8.00. The number of carbonyl (C=O) groups excluding carboxylic acids is 1. The summed E-state index contributed by atoms with van der Waals surface area (Å²) in [5.41, 5.74) is 0.882. The molecule has 1 aromatic heterocycles. The van der Waals surface area contributed by atoms with E-state index < -0.39 is 11.2 Å². The van der Waals surface area contributed by atoms with Crippen molar-refractivity contribution in [2.75, 3.05) is 14.2 Å². The highest BCUT2D eigenvalue weighted by Crippen LogP contribution is 2.35. The molecule has 0 saturated heterocycles. The summed E-state index contributed by atoms with van der Waals surface area (Å²) in [6, 6.07) is 9.51. The highest BCUT2D eigenvalue weighted by Gasteiger charge is 2.25. The standard InChI is InChI=1S/C14H18N4O2S.C2H4O2/c1-15-9-11-16-17-14(18(11)2)21-12(13(19)20-3)10-7-5-4-6-8-10;1-2(3)4/h4-8,12,15H,9H2,1-3H3;1H3,(H,3,4). The van der Waals surface area contributed by atoms with Crippen molar-refractivity contribution in [3.8, 4) is 0 Å². The molecular weight excluding hydrogens is 344 g/mol. The van der Waals surface area contributed by atoms with Crippen LogP contribution in [0.15, 0.2) is 35.5 Å². The number of esters is 1. The van der Waals surface area contributed by atoms with E-state index in [1.165, 1.54) is 18.9 Å². The fourth-order valence-corrected chi connectivity index (χ4v) is 2.90. The van der Waals surface area contributed by atoms with Crippen molar-refractivity contribution in [1.82, 2.24) is 20.1 Å². The Kier molecular flexibility index (Phi) is 8.65. The van der Waals surface area contributed by atoms with Gasteiger partial charge in [-0.05, 0) is 12.6 Å². The third-order valence-corrected chi connectivity index (χ3v) is 4.27. The van der Waals surface area contributed by atoms with Crippen LogP contribution in [0, 0.1) is 0 Å². The molecule has 8 nitrogen and oxygen atoms in total. The minimum Gasteiger partial charge on any atom is -0.481 e. The summed E-state index contributed by atoms with van der Waals surface area (Å²) in [7, 11) is 5.12. The zero-order valence-electron chi connectivity index (χ0n) is 14.6. The molecule has 0 bridgehead atoms. The molecule has 25 heavy (non-hydrogen) atoms. The van der Waals surface area contributed by atoms with Gasteiger partial charge in [-0.3, -0.25) is 9.59 Å². The number of carboxylic acid groups (broad SMARTS) is 1. The molecule has 1 aromatic carbocycles. The lowest BCUT2D eigenvalue weighted by Gasteiger charge is -2.14. The average molecular weight is 366 g/mol. The number of aliphatic carboxylic acids is 1. The highest BCUT2D eigenvalue weighted by atomic mass is 32.2. The smallest absolute Gasteiger partial charge is 0.323 e. The number of carbonyl (C=O) groups is 2. The summed E-state index contributed by atoms with van der Waals surface area (Å²) in [4.78, 5) is 21.0. The van der Waals surface area contributed by atoms with Crippen LogP contribution in [0.5, 0.6) is 0 Å². The molecule has 0 aliphatic heterocycles. The van der Waals surface area contributed by atoms with Gasteiger partial charge in [0.05, 0.1) is 13.7 Å². The first-order valence-corrected chi connectivity index (χ1v) is 8.30. The van der Waals surface area contributed by atoms with Crippen LogP contribution in [0.4, 0.5) is 0 Å². The predicted octanol–water partition coefficient (Wildman–Crippen LogP) is 1.63. The third kappa shape index (κ3) is 6.55. The molecule has 0 radical (unpaired) electrons. The fraction of sp³-hybridized carbons (Fsp3) is 0.375. The van der Waals surface area contributed by atoms with E-state index in [0.717, 1.165) is 18.3 Å².